The second-order valence-corrected chi connectivity index (χ2v) is 5.57. The normalized spacial score (nSPS) is 43.1. The monoisotopic (exact) mass is 193 g/mol. The van der Waals surface area contributed by atoms with Crippen LogP contribution in [0.2, 0.25) is 0 Å². The number of fused-ring (bicyclic) bond motifs is 2. The molecule has 0 aromatic rings. The minimum absolute atomic E-state index is 0.0973. The van der Waals surface area contributed by atoms with Gasteiger partial charge in [0.1, 0.15) is 0 Å². The molecular weight excluding hydrogens is 174 g/mol. The fraction of sp³-hybridized carbons (Fsp3) is 0.750. The zero-order chi connectivity index (χ0) is 10.7. The Kier molecular flexibility index (Phi) is 1.68. The Labute approximate surface area is 85.6 Å². The third-order valence-corrected chi connectivity index (χ3v) is 4.75. The lowest BCUT2D eigenvalue weighted by Crippen LogP contribution is -2.32. The standard InChI is InChI=1S/C12H19NO/c1-7(13)9-8-5-6-12(4,10(9)14)11(8,2)3/h8H,5-6,13H2,1-4H3/b9-7-/t8-,12+/m1/s1. The Bertz CT molecular complexity index is 336. The van der Waals surface area contributed by atoms with Gasteiger partial charge in [-0.15, -0.1) is 0 Å². The van der Waals surface area contributed by atoms with E-state index in [1.807, 2.05) is 6.92 Å². The Balaban J connectivity index is 2.61. The average Bonchev–Trinajstić information content (AvgIpc) is 2.35. The molecule has 2 atom stereocenters. The van der Waals surface area contributed by atoms with Crippen LogP contribution in [-0.2, 0) is 4.79 Å². The van der Waals surface area contributed by atoms with Crippen molar-refractivity contribution in [2.24, 2.45) is 22.5 Å². The van der Waals surface area contributed by atoms with Crippen LogP contribution in [0.15, 0.2) is 11.3 Å². The van der Waals surface area contributed by atoms with Gasteiger partial charge in [0, 0.05) is 16.7 Å². The van der Waals surface area contributed by atoms with Crippen molar-refractivity contribution in [3.8, 4) is 0 Å². The molecule has 0 spiro atoms. The van der Waals surface area contributed by atoms with Crippen LogP contribution in [0.4, 0.5) is 0 Å². The van der Waals surface area contributed by atoms with E-state index in [0.29, 0.717) is 11.7 Å². The molecule has 0 amide bonds. The summed E-state index contributed by atoms with van der Waals surface area (Å²) >= 11 is 0. The summed E-state index contributed by atoms with van der Waals surface area (Å²) in [6, 6.07) is 0. The minimum atomic E-state index is -0.159. The molecule has 2 rings (SSSR count). The van der Waals surface area contributed by atoms with E-state index in [9.17, 15) is 4.79 Å². The first kappa shape index (κ1) is 9.75. The molecule has 2 nitrogen and oxygen atoms in total. The zero-order valence-electron chi connectivity index (χ0n) is 9.48. The first-order chi connectivity index (χ1) is 6.32. The van der Waals surface area contributed by atoms with Gasteiger partial charge in [0.15, 0.2) is 5.78 Å². The Morgan fingerprint density at radius 2 is 2.00 bits per heavy atom. The highest BCUT2D eigenvalue weighted by molar-refractivity contribution is 6.05. The number of Topliss-reactive ketones (excluding diaryl/α,β-unsaturated/α-hetero) is 1. The summed E-state index contributed by atoms with van der Waals surface area (Å²) in [5.41, 5.74) is 7.40. The number of hydrogen-bond donors (Lipinski definition) is 1. The summed E-state index contributed by atoms with van der Waals surface area (Å²) in [6.07, 6.45) is 2.15. The number of hydrogen-bond acceptors (Lipinski definition) is 2. The highest BCUT2D eigenvalue weighted by Gasteiger charge is 2.64. The summed E-state index contributed by atoms with van der Waals surface area (Å²) in [5.74, 6) is 0.698. The second kappa shape index (κ2) is 2.41. The number of allylic oxidation sites excluding steroid dienone is 2. The number of ketones is 1. The molecule has 2 aliphatic rings. The molecule has 14 heavy (non-hydrogen) atoms. The topological polar surface area (TPSA) is 43.1 Å². The van der Waals surface area contributed by atoms with Gasteiger partial charge in [0.2, 0.25) is 0 Å². The molecule has 2 saturated carbocycles. The van der Waals surface area contributed by atoms with Crippen LogP contribution in [0.3, 0.4) is 0 Å². The van der Waals surface area contributed by atoms with Crippen molar-refractivity contribution in [3.63, 3.8) is 0 Å². The van der Waals surface area contributed by atoms with E-state index in [0.717, 1.165) is 24.1 Å². The number of rotatable bonds is 0. The van der Waals surface area contributed by atoms with Gasteiger partial charge in [0.05, 0.1) is 0 Å². The lowest BCUT2D eigenvalue weighted by atomic mass is 9.70. The van der Waals surface area contributed by atoms with Gasteiger partial charge in [-0.05, 0) is 31.1 Å². The summed E-state index contributed by atoms with van der Waals surface area (Å²) in [5, 5.41) is 0. The molecule has 2 bridgehead atoms. The molecule has 0 radical (unpaired) electrons. The highest BCUT2D eigenvalue weighted by atomic mass is 16.1. The first-order valence-electron chi connectivity index (χ1n) is 5.33. The molecule has 2 N–H and O–H groups in total. The van der Waals surface area contributed by atoms with Crippen molar-refractivity contribution in [3.05, 3.63) is 11.3 Å². The van der Waals surface area contributed by atoms with Crippen LogP contribution in [0.25, 0.3) is 0 Å². The largest absolute Gasteiger partial charge is 0.402 e. The number of nitrogens with two attached hydrogens (primary N) is 1. The SMILES string of the molecule is C/C(N)=C1/C(=O)[C@]2(C)CC[C@H]1C2(C)C. The number of carbonyl (C=O) groups is 1. The Hall–Kier alpha value is -0.790. The minimum Gasteiger partial charge on any atom is -0.402 e. The predicted molar refractivity (Wildman–Crippen MR) is 56.5 cm³/mol. The second-order valence-electron chi connectivity index (χ2n) is 5.57. The Morgan fingerprint density at radius 1 is 1.43 bits per heavy atom. The maximum Gasteiger partial charge on any atom is 0.167 e. The summed E-state index contributed by atoms with van der Waals surface area (Å²) in [4.78, 5) is 12.2. The molecule has 0 aromatic heterocycles. The van der Waals surface area contributed by atoms with Gasteiger partial charge in [0.25, 0.3) is 0 Å². The highest BCUT2D eigenvalue weighted by Crippen LogP contribution is 2.65. The molecule has 0 unspecified atom stereocenters. The lowest BCUT2D eigenvalue weighted by molar-refractivity contribution is -0.125. The van der Waals surface area contributed by atoms with Crippen LogP contribution in [0.1, 0.15) is 40.5 Å². The molecular formula is C12H19NO. The van der Waals surface area contributed by atoms with E-state index < -0.39 is 0 Å². The van der Waals surface area contributed by atoms with Gasteiger partial charge < -0.3 is 5.73 Å². The van der Waals surface area contributed by atoms with Crippen LogP contribution in [0, 0.1) is 16.7 Å². The molecule has 0 heterocycles. The molecule has 78 valence electrons. The lowest BCUT2D eigenvalue weighted by Gasteiger charge is -2.31. The summed E-state index contributed by atoms with van der Waals surface area (Å²) in [6.45, 7) is 8.37. The Morgan fingerprint density at radius 3 is 2.29 bits per heavy atom. The van der Waals surface area contributed by atoms with Crippen molar-refractivity contribution in [1.82, 2.24) is 0 Å². The number of carbonyl (C=O) groups excluding carboxylic acids is 1. The maximum absolute atomic E-state index is 12.2. The van der Waals surface area contributed by atoms with Crippen molar-refractivity contribution in [1.29, 1.82) is 0 Å². The molecule has 2 fully saturated rings. The van der Waals surface area contributed by atoms with Gasteiger partial charge >= 0.3 is 0 Å². The zero-order valence-corrected chi connectivity index (χ0v) is 9.48. The van der Waals surface area contributed by atoms with Crippen LogP contribution < -0.4 is 5.73 Å². The summed E-state index contributed by atoms with van der Waals surface area (Å²) < 4.78 is 0. The van der Waals surface area contributed by atoms with Gasteiger partial charge in [-0.2, -0.15) is 0 Å². The first-order valence-corrected chi connectivity index (χ1v) is 5.33. The van der Waals surface area contributed by atoms with Crippen molar-refractivity contribution < 1.29 is 4.79 Å². The maximum atomic E-state index is 12.2. The van der Waals surface area contributed by atoms with Crippen LogP contribution in [-0.4, -0.2) is 5.78 Å². The quantitative estimate of drug-likeness (QED) is 0.599. The molecule has 0 saturated heterocycles. The average molecular weight is 193 g/mol. The third-order valence-electron chi connectivity index (χ3n) is 4.75. The van der Waals surface area contributed by atoms with Gasteiger partial charge in [-0.3, -0.25) is 4.79 Å². The van der Waals surface area contributed by atoms with Crippen LogP contribution in [0.5, 0.6) is 0 Å². The van der Waals surface area contributed by atoms with Gasteiger partial charge in [-0.25, -0.2) is 0 Å². The van der Waals surface area contributed by atoms with Gasteiger partial charge in [-0.1, -0.05) is 20.8 Å². The molecule has 2 heteroatoms. The molecule has 2 aliphatic carbocycles. The van der Waals surface area contributed by atoms with Crippen molar-refractivity contribution >= 4 is 5.78 Å². The third kappa shape index (κ3) is 0.800. The smallest absolute Gasteiger partial charge is 0.167 e. The molecule has 0 aliphatic heterocycles. The fourth-order valence-corrected chi connectivity index (χ4v) is 3.32. The van der Waals surface area contributed by atoms with E-state index in [1.54, 1.807) is 0 Å². The predicted octanol–water partition coefficient (Wildman–Crippen LogP) is 2.24. The van der Waals surface area contributed by atoms with E-state index in [-0.39, 0.29) is 10.8 Å². The van der Waals surface area contributed by atoms with Crippen molar-refractivity contribution in [2.45, 2.75) is 40.5 Å². The van der Waals surface area contributed by atoms with E-state index in [2.05, 4.69) is 20.8 Å². The van der Waals surface area contributed by atoms with E-state index >= 15 is 0 Å². The molecule has 0 aromatic carbocycles. The summed E-state index contributed by atoms with van der Waals surface area (Å²) in [7, 11) is 0. The van der Waals surface area contributed by atoms with E-state index in [1.165, 1.54) is 0 Å². The van der Waals surface area contributed by atoms with E-state index in [4.69, 9.17) is 5.73 Å². The van der Waals surface area contributed by atoms with Crippen molar-refractivity contribution in [2.75, 3.05) is 0 Å². The van der Waals surface area contributed by atoms with Crippen LogP contribution >= 0.6 is 0 Å². The fourth-order valence-electron chi connectivity index (χ4n) is 3.32.